The van der Waals surface area contributed by atoms with E-state index in [-0.39, 0.29) is 5.91 Å². The number of hydrogen-bond acceptors (Lipinski definition) is 6. The minimum atomic E-state index is 0.0876. The van der Waals surface area contributed by atoms with Crippen LogP contribution in [0.25, 0.3) is 11.0 Å². The normalized spacial score (nSPS) is 24.8. The summed E-state index contributed by atoms with van der Waals surface area (Å²) in [6.45, 7) is 5.35. The molecule has 3 fully saturated rings. The maximum absolute atomic E-state index is 13.2. The summed E-state index contributed by atoms with van der Waals surface area (Å²) in [5.74, 6) is 1.67. The molecule has 8 heteroatoms. The average Bonchev–Trinajstić information content (AvgIpc) is 3.57. The lowest BCUT2D eigenvalue weighted by Crippen LogP contribution is -2.63. The number of anilines is 1. The van der Waals surface area contributed by atoms with Crippen LogP contribution in [0.1, 0.15) is 23.2 Å². The number of aryl methyl sites for hydroxylation is 1. The summed E-state index contributed by atoms with van der Waals surface area (Å²) >= 11 is 0. The number of hydrogen-bond donors (Lipinski definition) is 1. The van der Waals surface area contributed by atoms with Gasteiger partial charge in [-0.05, 0) is 37.0 Å². The lowest BCUT2D eigenvalue weighted by Gasteiger charge is -2.48. The van der Waals surface area contributed by atoms with E-state index in [9.17, 15) is 4.79 Å². The predicted molar refractivity (Wildman–Crippen MR) is 115 cm³/mol. The van der Waals surface area contributed by atoms with Gasteiger partial charge in [0.25, 0.3) is 5.91 Å². The van der Waals surface area contributed by atoms with Crippen molar-refractivity contribution in [3.8, 4) is 0 Å². The van der Waals surface area contributed by atoms with Crippen LogP contribution in [0.5, 0.6) is 0 Å². The number of carbonyl (C=O) groups is 1. The van der Waals surface area contributed by atoms with Crippen LogP contribution in [0, 0.1) is 5.92 Å². The smallest absolute Gasteiger partial charge is 0.254 e. The molecule has 5 rings (SSSR count). The quantitative estimate of drug-likeness (QED) is 0.725. The number of piperazine rings is 1. The van der Waals surface area contributed by atoms with Crippen molar-refractivity contribution in [2.24, 2.45) is 13.0 Å². The van der Waals surface area contributed by atoms with Crippen LogP contribution in [0.2, 0.25) is 0 Å². The van der Waals surface area contributed by atoms with Gasteiger partial charge in [0.15, 0.2) is 0 Å². The van der Waals surface area contributed by atoms with E-state index >= 15 is 0 Å². The van der Waals surface area contributed by atoms with E-state index in [4.69, 9.17) is 9.47 Å². The van der Waals surface area contributed by atoms with Gasteiger partial charge in [-0.3, -0.25) is 9.69 Å². The van der Waals surface area contributed by atoms with Gasteiger partial charge in [0, 0.05) is 51.9 Å². The van der Waals surface area contributed by atoms with Gasteiger partial charge in [0.2, 0.25) is 5.95 Å². The summed E-state index contributed by atoms with van der Waals surface area (Å²) in [5.41, 5.74) is 2.54. The number of rotatable bonds is 6. The number of nitrogens with one attached hydrogen (secondary N) is 1. The second-order valence-corrected chi connectivity index (χ2v) is 8.70. The van der Waals surface area contributed by atoms with E-state index in [1.807, 2.05) is 34.7 Å². The zero-order chi connectivity index (χ0) is 20.7. The third-order valence-electron chi connectivity index (χ3n) is 6.72. The summed E-state index contributed by atoms with van der Waals surface area (Å²) < 4.78 is 13.0. The van der Waals surface area contributed by atoms with Crippen molar-refractivity contribution in [2.75, 3.05) is 58.4 Å². The fourth-order valence-corrected chi connectivity index (χ4v) is 4.89. The highest BCUT2D eigenvalue weighted by Crippen LogP contribution is 2.38. The van der Waals surface area contributed by atoms with Gasteiger partial charge in [0.1, 0.15) is 0 Å². The average molecular weight is 414 g/mol. The van der Waals surface area contributed by atoms with Crippen molar-refractivity contribution in [3.05, 3.63) is 23.8 Å². The number of ether oxygens (including phenoxy) is 2. The molecule has 3 heterocycles. The molecule has 0 bridgehead atoms. The van der Waals surface area contributed by atoms with Crippen LogP contribution in [-0.4, -0.2) is 90.5 Å². The van der Waals surface area contributed by atoms with Crippen LogP contribution in [0.3, 0.4) is 0 Å². The molecule has 3 aliphatic rings. The first-order valence-corrected chi connectivity index (χ1v) is 11.0. The molecule has 162 valence electrons. The number of amides is 1. The Labute approximate surface area is 177 Å². The van der Waals surface area contributed by atoms with Crippen molar-refractivity contribution < 1.29 is 14.3 Å². The van der Waals surface area contributed by atoms with Crippen LogP contribution in [-0.2, 0) is 16.5 Å². The maximum Gasteiger partial charge on any atom is 0.254 e. The van der Waals surface area contributed by atoms with Crippen LogP contribution < -0.4 is 5.32 Å². The highest BCUT2D eigenvalue weighted by molar-refractivity contribution is 5.97. The van der Waals surface area contributed by atoms with Crippen molar-refractivity contribution in [3.63, 3.8) is 0 Å². The molecule has 1 amide bonds. The first-order chi connectivity index (χ1) is 14.7. The molecule has 2 atom stereocenters. The second-order valence-electron chi connectivity index (χ2n) is 8.70. The number of carbonyl (C=O) groups excluding carboxylic acids is 1. The van der Waals surface area contributed by atoms with Crippen molar-refractivity contribution >= 4 is 22.9 Å². The zero-order valence-electron chi connectivity index (χ0n) is 17.8. The Bertz CT molecular complexity index is 925. The van der Waals surface area contributed by atoms with Gasteiger partial charge in [-0.15, -0.1) is 0 Å². The summed E-state index contributed by atoms with van der Waals surface area (Å²) in [6.07, 6.45) is 2.65. The Balaban J connectivity index is 1.30. The summed E-state index contributed by atoms with van der Waals surface area (Å²) in [7, 11) is 3.66. The first kappa shape index (κ1) is 19.8. The first-order valence-electron chi connectivity index (χ1n) is 11.0. The van der Waals surface area contributed by atoms with Crippen LogP contribution in [0.15, 0.2) is 18.2 Å². The Hall–Kier alpha value is -2.16. The lowest BCUT2D eigenvalue weighted by atomic mass is 10.0. The number of nitrogens with zero attached hydrogens (tertiary/aromatic N) is 4. The molecular formula is C22H31N5O3. The monoisotopic (exact) mass is 413 g/mol. The van der Waals surface area contributed by atoms with Crippen molar-refractivity contribution in [1.29, 1.82) is 0 Å². The van der Waals surface area contributed by atoms with E-state index in [1.54, 1.807) is 7.11 Å². The molecule has 30 heavy (non-hydrogen) atoms. The van der Waals surface area contributed by atoms with Gasteiger partial charge in [-0.2, -0.15) is 0 Å². The second kappa shape index (κ2) is 8.17. The third kappa shape index (κ3) is 3.68. The standard InChI is InChI=1S/C22H31N5O3/c1-25-19-6-5-16(11-18(19)24-22(25)23-7-10-29-2)21(28)26-8-9-27-17(12-26)13-30-14-20(27)15-3-4-15/h5-6,11,15,17,20H,3-4,7-10,12-14H2,1-2H3,(H,23,24)/t17-,20-/m1/s1. The number of fused-ring (bicyclic) bond motifs is 2. The summed E-state index contributed by atoms with van der Waals surface area (Å²) in [6, 6.07) is 6.69. The SMILES string of the molecule is COCCNc1nc2cc(C(=O)N3CCN4[C@@H](COC[C@@H]4C4CC4)C3)ccc2n1C. The topological polar surface area (TPSA) is 71.9 Å². The number of aromatic nitrogens is 2. The molecule has 0 radical (unpaired) electrons. The molecule has 2 saturated heterocycles. The van der Waals surface area contributed by atoms with E-state index in [2.05, 4.69) is 15.2 Å². The molecule has 2 aliphatic heterocycles. The fraction of sp³-hybridized carbons (Fsp3) is 0.636. The lowest BCUT2D eigenvalue weighted by molar-refractivity contribution is -0.0816. The molecule has 0 unspecified atom stereocenters. The highest BCUT2D eigenvalue weighted by Gasteiger charge is 2.43. The van der Waals surface area contributed by atoms with E-state index in [1.165, 1.54) is 12.8 Å². The Kier molecular flexibility index (Phi) is 5.39. The summed E-state index contributed by atoms with van der Waals surface area (Å²) in [4.78, 5) is 22.5. The van der Waals surface area contributed by atoms with E-state index in [0.29, 0.717) is 30.8 Å². The van der Waals surface area contributed by atoms with E-state index in [0.717, 1.165) is 55.7 Å². The van der Waals surface area contributed by atoms with Crippen molar-refractivity contribution in [2.45, 2.75) is 24.9 Å². The zero-order valence-corrected chi connectivity index (χ0v) is 17.8. The number of benzene rings is 1. The Morgan fingerprint density at radius 1 is 1.30 bits per heavy atom. The minimum Gasteiger partial charge on any atom is -0.383 e. The fourth-order valence-electron chi connectivity index (χ4n) is 4.89. The largest absolute Gasteiger partial charge is 0.383 e. The third-order valence-corrected chi connectivity index (χ3v) is 6.72. The van der Waals surface area contributed by atoms with Gasteiger partial charge in [0.05, 0.1) is 36.9 Å². The molecule has 2 aromatic rings. The minimum absolute atomic E-state index is 0.0876. The van der Waals surface area contributed by atoms with Crippen LogP contribution >= 0.6 is 0 Å². The van der Waals surface area contributed by atoms with Gasteiger partial charge >= 0.3 is 0 Å². The maximum atomic E-state index is 13.2. The number of methoxy groups -OCH3 is 1. The van der Waals surface area contributed by atoms with Crippen LogP contribution in [0.4, 0.5) is 5.95 Å². The Morgan fingerprint density at radius 3 is 2.97 bits per heavy atom. The summed E-state index contributed by atoms with van der Waals surface area (Å²) in [5, 5.41) is 3.28. The van der Waals surface area contributed by atoms with E-state index < -0.39 is 0 Å². The van der Waals surface area contributed by atoms with Crippen molar-refractivity contribution in [1.82, 2.24) is 19.4 Å². The van der Waals surface area contributed by atoms with Gasteiger partial charge in [-0.25, -0.2) is 4.98 Å². The number of imidazole rings is 1. The molecule has 8 nitrogen and oxygen atoms in total. The molecule has 1 aliphatic carbocycles. The van der Waals surface area contributed by atoms with Gasteiger partial charge in [-0.1, -0.05) is 0 Å². The van der Waals surface area contributed by atoms with Gasteiger partial charge < -0.3 is 24.3 Å². The molecule has 0 spiro atoms. The molecule has 1 aromatic carbocycles. The predicted octanol–water partition coefficient (Wildman–Crippen LogP) is 1.57. The molecule has 1 saturated carbocycles. The Morgan fingerprint density at radius 2 is 2.17 bits per heavy atom. The molecular weight excluding hydrogens is 382 g/mol. The number of morpholine rings is 1. The molecule has 1 N–H and O–H groups in total. The highest BCUT2D eigenvalue weighted by atomic mass is 16.5. The molecule has 1 aromatic heterocycles.